The molecule has 0 radical (unpaired) electrons. The fourth-order valence-corrected chi connectivity index (χ4v) is 1.34. The molecule has 1 aromatic rings. The van der Waals surface area contributed by atoms with Crippen LogP contribution in [0.25, 0.3) is 0 Å². The average Bonchev–Trinajstić information content (AvgIpc) is 2.14. The van der Waals surface area contributed by atoms with Gasteiger partial charge in [0.25, 0.3) is 0 Å². The van der Waals surface area contributed by atoms with Crippen LogP contribution in [0.5, 0.6) is 0 Å². The Morgan fingerprint density at radius 1 is 1.54 bits per heavy atom. The van der Waals surface area contributed by atoms with Gasteiger partial charge in [0.05, 0.1) is 0 Å². The summed E-state index contributed by atoms with van der Waals surface area (Å²) in [5, 5.41) is 3.50. The van der Waals surface area contributed by atoms with Crippen LogP contribution in [0.4, 0.5) is 4.39 Å². The van der Waals surface area contributed by atoms with E-state index in [2.05, 4.69) is 5.32 Å². The zero-order valence-corrected chi connectivity index (χ0v) is 8.31. The van der Waals surface area contributed by atoms with Gasteiger partial charge in [0.2, 0.25) is 0 Å². The van der Waals surface area contributed by atoms with Gasteiger partial charge in [-0.2, -0.15) is 0 Å². The molecule has 0 aliphatic carbocycles. The lowest BCUT2D eigenvalue weighted by Crippen LogP contribution is -2.10. The Morgan fingerprint density at radius 2 is 2.31 bits per heavy atom. The molecule has 0 aliphatic heterocycles. The first-order chi connectivity index (χ1) is 6.24. The van der Waals surface area contributed by atoms with Crippen molar-refractivity contribution in [1.29, 1.82) is 0 Å². The third-order valence-corrected chi connectivity index (χ3v) is 2.09. The number of nitrogens with one attached hydrogen (secondary N) is 1. The van der Waals surface area contributed by atoms with E-state index in [1.165, 1.54) is 0 Å². The van der Waals surface area contributed by atoms with Crippen LogP contribution < -0.4 is 5.32 Å². The van der Waals surface area contributed by atoms with Gasteiger partial charge in [-0.3, -0.25) is 0 Å². The third kappa shape index (κ3) is 3.33. The molecule has 1 unspecified atom stereocenters. The molecule has 1 atom stereocenters. The van der Waals surface area contributed by atoms with Gasteiger partial charge >= 0.3 is 0 Å². The summed E-state index contributed by atoms with van der Waals surface area (Å²) in [5.41, 5.74) is 0.655. The molecular formula is C10H13ClFN. The lowest BCUT2D eigenvalue weighted by molar-refractivity contribution is 0.321. The van der Waals surface area contributed by atoms with Crippen LogP contribution in [0.1, 0.15) is 18.2 Å². The van der Waals surface area contributed by atoms with E-state index in [-0.39, 0.29) is 0 Å². The van der Waals surface area contributed by atoms with Crippen molar-refractivity contribution in [2.45, 2.75) is 12.6 Å². The van der Waals surface area contributed by atoms with Crippen LogP contribution >= 0.6 is 11.6 Å². The second-order valence-electron chi connectivity index (χ2n) is 2.91. The van der Waals surface area contributed by atoms with Gasteiger partial charge < -0.3 is 5.32 Å². The van der Waals surface area contributed by atoms with Crippen molar-refractivity contribution in [3.05, 3.63) is 34.9 Å². The Morgan fingerprint density at radius 3 is 2.92 bits per heavy atom. The minimum absolute atomic E-state index is 0.483. The van der Waals surface area contributed by atoms with Gasteiger partial charge in [-0.1, -0.05) is 23.7 Å². The van der Waals surface area contributed by atoms with E-state index in [9.17, 15) is 4.39 Å². The second-order valence-corrected chi connectivity index (χ2v) is 3.35. The molecule has 0 aliphatic rings. The van der Waals surface area contributed by atoms with Crippen LogP contribution in [0, 0.1) is 0 Å². The number of hydrogen-bond donors (Lipinski definition) is 1. The third-order valence-electron chi connectivity index (χ3n) is 1.86. The molecule has 0 heterocycles. The maximum absolute atomic E-state index is 13.4. The van der Waals surface area contributed by atoms with E-state index < -0.39 is 6.17 Å². The van der Waals surface area contributed by atoms with Gasteiger partial charge in [-0.15, -0.1) is 0 Å². The van der Waals surface area contributed by atoms with Gasteiger partial charge in [0.15, 0.2) is 0 Å². The maximum Gasteiger partial charge on any atom is 0.126 e. The van der Waals surface area contributed by atoms with Gasteiger partial charge in [0.1, 0.15) is 6.17 Å². The summed E-state index contributed by atoms with van der Waals surface area (Å²) in [6, 6.07) is 6.94. The summed E-state index contributed by atoms with van der Waals surface area (Å²) in [6.07, 6.45) is -0.442. The zero-order chi connectivity index (χ0) is 9.68. The average molecular weight is 202 g/mol. The Hall–Kier alpha value is -0.600. The standard InChI is InChI=1S/C10H13ClFN/c1-13-6-5-10(12)8-3-2-4-9(11)7-8/h2-4,7,10,13H,5-6H2,1H3. The molecule has 0 fully saturated rings. The smallest absolute Gasteiger partial charge is 0.126 e. The van der Waals surface area contributed by atoms with Crippen LogP contribution in [-0.2, 0) is 0 Å². The number of halogens is 2. The predicted molar refractivity (Wildman–Crippen MR) is 53.8 cm³/mol. The monoisotopic (exact) mass is 201 g/mol. The molecule has 1 aromatic carbocycles. The summed E-state index contributed by atoms with van der Waals surface area (Å²) < 4.78 is 13.4. The van der Waals surface area contributed by atoms with Crippen molar-refractivity contribution >= 4 is 11.6 Å². The summed E-state index contributed by atoms with van der Waals surface area (Å²) in [6.45, 7) is 0.674. The molecule has 0 aromatic heterocycles. The highest BCUT2D eigenvalue weighted by Gasteiger charge is 2.08. The maximum atomic E-state index is 13.4. The number of alkyl halides is 1. The van der Waals surface area contributed by atoms with E-state index in [1.807, 2.05) is 7.05 Å². The van der Waals surface area contributed by atoms with E-state index in [0.717, 1.165) is 0 Å². The van der Waals surface area contributed by atoms with Crippen molar-refractivity contribution in [2.75, 3.05) is 13.6 Å². The lowest BCUT2D eigenvalue weighted by atomic mass is 10.1. The van der Waals surface area contributed by atoms with Crippen molar-refractivity contribution < 1.29 is 4.39 Å². The molecule has 0 saturated carbocycles. The molecule has 1 nitrogen and oxygen atoms in total. The fourth-order valence-electron chi connectivity index (χ4n) is 1.14. The normalized spacial score (nSPS) is 12.8. The highest BCUT2D eigenvalue weighted by atomic mass is 35.5. The predicted octanol–water partition coefficient (Wildman–Crippen LogP) is 2.96. The Balaban J connectivity index is 2.60. The van der Waals surface area contributed by atoms with Crippen molar-refractivity contribution in [3.8, 4) is 0 Å². The van der Waals surface area contributed by atoms with Crippen LogP contribution in [0.3, 0.4) is 0 Å². The van der Waals surface area contributed by atoms with Gasteiger partial charge in [0, 0.05) is 5.02 Å². The Bertz CT molecular complexity index is 265. The summed E-state index contributed by atoms with van der Waals surface area (Å²) >= 11 is 5.74. The van der Waals surface area contributed by atoms with E-state index in [0.29, 0.717) is 23.6 Å². The zero-order valence-electron chi connectivity index (χ0n) is 7.56. The molecule has 0 amide bonds. The molecule has 0 bridgehead atoms. The topological polar surface area (TPSA) is 12.0 Å². The van der Waals surface area contributed by atoms with E-state index >= 15 is 0 Å². The van der Waals surface area contributed by atoms with E-state index in [1.54, 1.807) is 24.3 Å². The molecule has 72 valence electrons. The number of benzene rings is 1. The molecule has 0 spiro atoms. The Labute approximate surface area is 82.9 Å². The number of hydrogen-bond acceptors (Lipinski definition) is 1. The second kappa shape index (κ2) is 5.20. The van der Waals surface area contributed by atoms with Crippen LogP contribution in [-0.4, -0.2) is 13.6 Å². The molecule has 13 heavy (non-hydrogen) atoms. The van der Waals surface area contributed by atoms with Gasteiger partial charge in [-0.05, 0) is 37.7 Å². The first-order valence-corrected chi connectivity index (χ1v) is 4.66. The molecule has 0 saturated heterocycles. The summed E-state index contributed by atoms with van der Waals surface area (Å²) in [4.78, 5) is 0. The fraction of sp³-hybridized carbons (Fsp3) is 0.400. The highest BCUT2D eigenvalue weighted by Crippen LogP contribution is 2.23. The highest BCUT2D eigenvalue weighted by molar-refractivity contribution is 6.30. The van der Waals surface area contributed by atoms with Crippen molar-refractivity contribution in [1.82, 2.24) is 5.32 Å². The Kier molecular flexibility index (Phi) is 4.19. The first kappa shape index (κ1) is 10.5. The molecular weight excluding hydrogens is 189 g/mol. The quantitative estimate of drug-likeness (QED) is 0.790. The summed E-state index contributed by atoms with van der Waals surface area (Å²) in [7, 11) is 1.81. The van der Waals surface area contributed by atoms with Crippen molar-refractivity contribution in [2.24, 2.45) is 0 Å². The number of rotatable bonds is 4. The van der Waals surface area contributed by atoms with Gasteiger partial charge in [-0.25, -0.2) is 4.39 Å². The van der Waals surface area contributed by atoms with E-state index in [4.69, 9.17) is 11.6 Å². The minimum Gasteiger partial charge on any atom is -0.320 e. The lowest BCUT2D eigenvalue weighted by Gasteiger charge is -2.07. The minimum atomic E-state index is -0.925. The molecule has 1 N–H and O–H groups in total. The van der Waals surface area contributed by atoms with Crippen LogP contribution in [0.2, 0.25) is 5.02 Å². The van der Waals surface area contributed by atoms with Crippen LogP contribution in [0.15, 0.2) is 24.3 Å². The largest absolute Gasteiger partial charge is 0.320 e. The SMILES string of the molecule is CNCCC(F)c1cccc(Cl)c1. The van der Waals surface area contributed by atoms with Crippen molar-refractivity contribution in [3.63, 3.8) is 0 Å². The molecule has 3 heteroatoms. The molecule has 1 rings (SSSR count). The summed E-state index contributed by atoms with van der Waals surface area (Å²) in [5.74, 6) is 0. The first-order valence-electron chi connectivity index (χ1n) is 4.28.